The van der Waals surface area contributed by atoms with Gasteiger partial charge in [-0.2, -0.15) is 5.10 Å². The molecule has 0 aliphatic heterocycles. The highest BCUT2D eigenvalue weighted by Gasteiger charge is 2.07. The molecule has 0 fully saturated rings. The Morgan fingerprint density at radius 3 is 2.63 bits per heavy atom. The number of Topliss-reactive ketones (excluding diaryl/α,β-unsaturated/α-hetero) is 1. The Bertz CT molecular complexity index is 647. The molecule has 0 aliphatic carbocycles. The van der Waals surface area contributed by atoms with Crippen molar-refractivity contribution in [3.8, 4) is 0 Å². The van der Waals surface area contributed by atoms with Crippen molar-refractivity contribution in [3.05, 3.63) is 63.8 Å². The van der Waals surface area contributed by atoms with Gasteiger partial charge >= 0.3 is 0 Å². The second-order valence-corrected chi connectivity index (χ2v) is 4.27. The summed E-state index contributed by atoms with van der Waals surface area (Å²) in [5.74, 6) is -0.526. The normalized spacial score (nSPS) is 10.4. The molecular formula is C14H13FN2O2. The minimum Gasteiger partial charge on any atom is -0.294 e. The topological polar surface area (TPSA) is 52.0 Å². The van der Waals surface area contributed by atoms with Crippen molar-refractivity contribution in [3.63, 3.8) is 0 Å². The number of hydrogen-bond acceptors (Lipinski definition) is 3. The molecule has 0 radical (unpaired) electrons. The number of rotatable bonds is 4. The lowest BCUT2D eigenvalue weighted by Crippen LogP contribution is -2.23. The summed E-state index contributed by atoms with van der Waals surface area (Å²) >= 11 is 0. The Morgan fingerprint density at radius 2 is 2.00 bits per heavy atom. The van der Waals surface area contributed by atoms with Crippen LogP contribution in [0.25, 0.3) is 0 Å². The van der Waals surface area contributed by atoms with E-state index in [2.05, 4.69) is 5.10 Å². The maximum Gasteiger partial charge on any atom is 0.266 e. The van der Waals surface area contributed by atoms with E-state index >= 15 is 0 Å². The number of halogens is 1. The minimum absolute atomic E-state index is 0.144. The molecular weight excluding hydrogens is 247 g/mol. The van der Waals surface area contributed by atoms with Crippen LogP contribution in [0.4, 0.5) is 4.39 Å². The molecule has 2 aromatic rings. The lowest BCUT2D eigenvalue weighted by atomic mass is 10.1. The van der Waals surface area contributed by atoms with Crippen LogP contribution in [0.15, 0.2) is 41.3 Å². The average molecular weight is 260 g/mol. The quantitative estimate of drug-likeness (QED) is 0.790. The number of carbonyl (C=O) groups is 1. The van der Waals surface area contributed by atoms with Crippen LogP contribution in [0.2, 0.25) is 0 Å². The fourth-order valence-corrected chi connectivity index (χ4v) is 1.68. The highest BCUT2D eigenvalue weighted by Crippen LogP contribution is 2.06. The Balaban J connectivity index is 2.04. The number of carbonyl (C=O) groups excluding carboxylic acids is 1. The predicted molar refractivity (Wildman–Crippen MR) is 68.6 cm³/mol. The van der Waals surface area contributed by atoms with E-state index in [1.807, 2.05) is 0 Å². The smallest absolute Gasteiger partial charge is 0.266 e. The van der Waals surface area contributed by atoms with Gasteiger partial charge in [-0.25, -0.2) is 9.07 Å². The highest BCUT2D eigenvalue weighted by atomic mass is 19.1. The molecule has 5 heteroatoms. The summed E-state index contributed by atoms with van der Waals surface area (Å²) < 4.78 is 14.0. The summed E-state index contributed by atoms with van der Waals surface area (Å²) in [6.45, 7) is 2.00. The van der Waals surface area contributed by atoms with Crippen LogP contribution in [0, 0.1) is 12.7 Å². The van der Waals surface area contributed by atoms with Gasteiger partial charge in [0, 0.05) is 18.1 Å². The summed E-state index contributed by atoms with van der Waals surface area (Å²) in [4.78, 5) is 23.4. The molecule has 0 amide bonds. The first-order valence-electron chi connectivity index (χ1n) is 5.89. The van der Waals surface area contributed by atoms with Crippen molar-refractivity contribution in [1.29, 1.82) is 0 Å². The predicted octanol–water partition coefficient (Wildman–Crippen LogP) is 1.96. The van der Waals surface area contributed by atoms with Crippen molar-refractivity contribution in [2.45, 2.75) is 19.9 Å². The summed E-state index contributed by atoms with van der Waals surface area (Å²) in [6.07, 6.45) is 1.73. The maximum atomic E-state index is 12.7. The van der Waals surface area contributed by atoms with E-state index in [0.717, 1.165) is 5.56 Å². The average Bonchev–Trinajstić information content (AvgIpc) is 2.38. The first-order valence-corrected chi connectivity index (χ1v) is 5.89. The third-order valence-electron chi connectivity index (χ3n) is 2.72. The van der Waals surface area contributed by atoms with Gasteiger partial charge in [0.05, 0.1) is 12.7 Å². The molecule has 0 atom stereocenters. The van der Waals surface area contributed by atoms with Gasteiger partial charge in [0.2, 0.25) is 0 Å². The Morgan fingerprint density at radius 1 is 1.32 bits per heavy atom. The van der Waals surface area contributed by atoms with Crippen LogP contribution >= 0.6 is 0 Å². The van der Waals surface area contributed by atoms with Gasteiger partial charge in [0.15, 0.2) is 5.78 Å². The summed E-state index contributed by atoms with van der Waals surface area (Å²) in [6, 6.07) is 6.81. The standard InChI is InChI=1S/C14H13FN2O2/c1-10-8-14(19)17(16-9-10)7-6-13(18)11-2-4-12(15)5-3-11/h2-5,8-9H,6-7H2,1H3. The molecule has 19 heavy (non-hydrogen) atoms. The number of aromatic nitrogens is 2. The van der Waals surface area contributed by atoms with Crippen molar-refractivity contribution < 1.29 is 9.18 Å². The lowest BCUT2D eigenvalue weighted by molar-refractivity contribution is 0.0975. The molecule has 2 rings (SSSR count). The van der Waals surface area contributed by atoms with E-state index in [4.69, 9.17) is 0 Å². The molecule has 0 aliphatic rings. The molecule has 0 spiro atoms. The number of nitrogens with zero attached hydrogens (tertiary/aromatic N) is 2. The maximum absolute atomic E-state index is 12.7. The zero-order valence-corrected chi connectivity index (χ0v) is 10.5. The third-order valence-corrected chi connectivity index (χ3v) is 2.72. The van der Waals surface area contributed by atoms with E-state index in [1.165, 1.54) is 35.0 Å². The van der Waals surface area contributed by atoms with Crippen molar-refractivity contribution in [2.75, 3.05) is 0 Å². The van der Waals surface area contributed by atoms with Gasteiger partial charge in [0.1, 0.15) is 5.82 Å². The van der Waals surface area contributed by atoms with Crippen LogP contribution in [0.1, 0.15) is 22.3 Å². The van der Waals surface area contributed by atoms with Gasteiger partial charge in [-0.05, 0) is 36.8 Å². The molecule has 0 saturated heterocycles. The van der Waals surface area contributed by atoms with Crippen LogP contribution in [0.5, 0.6) is 0 Å². The van der Waals surface area contributed by atoms with E-state index < -0.39 is 0 Å². The van der Waals surface area contributed by atoms with E-state index in [-0.39, 0.29) is 30.1 Å². The summed E-state index contributed by atoms with van der Waals surface area (Å²) in [5, 5.41) is 3.95. The largest absolute Gasteiger partial charge is 0.294 e. The highest BCUT2D eigenvalue weighted by molar-refractivity contribution is 5.95. The molecule has 1 aromatic heterocycles. The first-order chi connectivity index (χ1) is 9.06. The fourth-order valence-electron chi connectivity index (χ4n) is 1.68. The van der Waals surface area contributed by atoms with Crippen molar-refractivity contribution >= 4 is 5.78 Å². The molecule has 0 bridgehead atoms. The second kappa shape index (κ2) is 5.56. The molecule has 0 N–H and O–H groups in total. The number of ketones is 1. The molecule has 98 valence electrons. The van der Waals surface area contributed by atoms with Crippen LogP contribution < -0.4 is 5.56 Å². The fraction of sp³-hybridized carbons (Fsp3) is 0.214. The SMILES string of the molecule is Cc1cnn(CCC(=O)c2ccc(F)cc2)c(=O)c1. The number of aryl methyl sites for hydroxylation is 2. The lowest BCUT2D eigenvalue weighted by Gasteiger charge is -2.04. The Hall–Kier alpha value is -2.30. The molecule has 0 unspecified atom stereocenters. The monoisotopic (exact) mass is 260 g/mol. The molecule has 1 heterocycles. The second-order valence-electron chi connectivity index (χ2n) is 4.27. The van der Waals surface area contributed by atoms with Crippen molar-refractivity contribution in [1.82, 2.24) is 9.78 Å². The summed E-state index contributed by atoms with van der Waals surface area (Å²) in [7, 11) is 0. The van der Waals surface area contributed by atoms with Crippen LogP contribution in [0.3, 0.4) is 0 Å². The zero-order valence-electron chi connectivity index (χ0n) is 10.5. The van der Waals surface area contributed by atoms with Crippen LogP contribution in [-0.4, -0.2) is 15.6 Å². The summed E-state index contributed by atoms with van der Waals surface area (Å²) in [5.41, 5.74) is 0.986. The van der Waals surface area contributed by atoms with Gasteiger partial charge in [0.25, 0.3) is 5.56 Å². The van der Waals surface area contributed by atoms with Crippen LogP contribution in [-0.2, 0) is 6.54 Å². The van der Waals surface area contributed by atoms with Crippen molar-refractivity contribution in [2.24, 2.45) is 0 Å². The molecule has 1 aromatic carbocycles. The number of hydrogen-bond donors (Lipinski definition) is 0. The third kappa shape index (κ3) is 3.34. The Kier molecular flexibility index (Phi) is 3.85. The van der Waals surface area contributed by atoms with Gasteiger partial charge in [-0.1, -0.05) is 0 Å². The number of benzene rings is 1. The van der Waals surface area contributed by atoms with Gasteiger partial charge in [-0.3, -0.25) is 9.59 Å². The van der Waals surface area contributed by atoms with Gasteiger partial charge in [-0.15, -0.1) is 0 Å². The van der Waals surface area contributed by atoms with E-state index in [0.29, 0.717) is 5.56 Å². The van der Waals surface area contributed by atoms with E-state index in [1.54, 1.807) is 13.1 Å². The molecule has 4 nitrogen and oxygen atoms in total. The van der Waals surface area contributed by atoms with E-state index in [9.17, 15) is 14.0 Å². The first kappa shape index (κ1) is 13.1. The Labute approximate surface area is 109 Å². The minimum atomic E-state index is -0.382. The molecule has 0 saturated carbocycles. The zero-order chi connectivity index (χ0) is 13.8. The van der Waals surface area contributed by atoms with Gasteiger partial charge < -0.3 is 0 Å².